The third-order valence-electron chi connectivity index (χ3n) is 4.23. The molecule has 0 fully saturated rings. The third-order valence-corrected chi connectivity index (χ3v) is 4.60. The number of hydrogen-bond acceptors (Lipinski definition) is 9. The van der Waals surface area contributed by atoms with Gasteiger partial charge in [0.2, 0.25) is 23.6 Å². The zero-order valence-electron chi connectivity index (χ0n) is 17.1. The third kappa shape index (κ3) is 11.5. The van der Waals surface area contributed by atoms with Crippen molar-refractivity contribution in [2.45, 2.75) is 56.3 Å². The lowest BCUT2D eigenvalue weighted by molar-refractivity contribution is -0.142. The molecule has 13 nitrogen and oxygen atoms in total. The van der Waals surface area contributed by atoms with E-state index in [1.807, 2.05) is 0 Å². The second-order valence-corrected chi connectivity index (χ2v) is 7.15. The number of hydrogen-bond donors (Lipinski definition) is 9. The fraction of sp³-hybridized carbons (Fsp3) is 0.706. The van der Waals surface area contributed by atoms with E-state index in [9.17, 15) is 34.2 Å². The van der Waals surface area contributed by atoms with Gasteiger partial charge in [-0.15, -0.1) is 0 Å². The molecule has 0 spiro atoms. The van der Waals surface area contributed by atoms with Gasteiger partial charge < -0.3 is 43.4 Å². The number of aliphatic hydroxyl groups is 1. The van der Waals surface area contributed by atoms with E-state index in [0.717, 1.165) is 0 Å². The topological polar surface area (TPSA) is 240 Å². The minimum absolute atomic E-state index is 0.0522. The average Bonchev–Trinajstić information content (AvgIpc) is 2.72. The Hall–Kier alpha value is -2.42. The largest absolute Gasteiger partial charge is 0.480 e. The zero-order chi connectivity index (χ0) is 24.0. The first-order chi connectivity index (χ1) is 14.6. The molecule has 0 aliphatic heterocycles. The SMILES string of the molecule is NCCCCC(NC(=O)C(CS)NC(=O)C(CO)NC(=O)C(N)CCC(N)=O)C(=O)O. The van der Waals surface area contributed by atoms with Crippen LogP contribution in [0.25, 0.3) is 0 Å². The van der Waals surface area contributed by atoms with Gasteiger partial charge >= 0.3 is 5.97 Å². The van der Waals surface area contributed by atoms with Crippen molar-refractivity contribution in [3.63, 3.8) is 0 Å². The van der Waals surface area contributed by atoms with Gasteiger partial charge in [-0.2, -0.15) is 12.6 Å². The van der Waals surface area contributed by atoms with Gasteiger partial charge in [0.05, 0.1) is 12.6 Å². The number of primary amides is 1. The minimum Gasteiger partial charge on any atom is -0.480 e. The van der Waals surface area contributed by atoms with Gasteiger partial charge in [0.25, 0.3) is 0 Å². The number of carboxylic acid groups (broad SMARTS) is 1. The summed E-state index contributed by atoms with van der Waals surface area (Å²) in [5.74, 6) is -4.54. The van der Waals surface area contributed by atoms with E-state index in [1.165, 1.54) is 0 Å². The van der Waals surface area contributed by atoms with Crippen molar-refractivity contribution in [2.24, 2.45) is 17.2 Å². The fourth-order valence-corrected chi connectivity index (χ4v) is 2.65. The van der Waals surface area contributed by atoms with Crippen molar-refractivity contribution < 1.29 is 34.2 Å². The zero-order valence-corrected chi connectivity index (χ0v) is 18.0. The van der Waals surface area contributed by atoms with Crippen LogP contribution in [0.15, 0.2) is 0 Å². The normalized spacial score (nSPS) is 14.6. The Balaban J connectivity index is 4.91. The lowest BCUT2D eigenvalue weighted by Crippen LogP contribution is -2.58. The molecule has 0 bridgehead atoms. The van der Waals surface area contributed by atoms with Crippen molar-refractivity contribution >= 4 is 42.2 Å². The summed E-state index contributed by atoms with van der Waals surface area (Å²) < 4.78 is 0. The van der Waals surface area contributed by atoms with Crippen LogP contribution in [-0.2, 0) is 24.0 Å². The number of amides is 4. The monoisotopic (exact) mass is 464 g/mol. The molecule has 0 aliphatic carbocycles. The standard InChI is InChI=1S/C17H32N6O7S/c18-6-2-1-3-10(17(29)30)21-16(28)12(8-31)23-15(27)11(7-24)22-14(26)9(19)4-5-13(20)25/h9-12,24,31H,1-8,18-19H2,(H2,20,25)(H,21,28)(H,22,26)(H,23,27)(H,29,30). The molecule has 0 heterocycles. The number of nitrogens with one attached hydrogen (secondary N) is 3. The molecule has 11 N–H and O–H groups in total. The Kier molecular flexibility index (Phi) is 14.2. The number of carboxylic acids is 1. The first-order valence-electron chi connectivity index (χ1n) is 9.66. The van der Waals surface area contributed by atoms with E-state index in [2.05, 4.69) is 28.6 Å². The molecule has 0 rings (SSSR count). The lowest BCUT2D eigenvalue weighted by Gasteiger charge is -2.23. The fourth-order valence-electron chi connectivity index (χ4n) is 2.39. The van der Waals surface area contributed by atoms with Gasteiger partial charge in [0, 0.05) is 12.2 Å². The predicted molar refractivity (Wildman–Crippen MR) is 114 cm³/mol. The number of aliphatic hydroxyl groups excluding tert-OH is 1. The number of carbonyl (C=O) groups excluding carboxylic acids is 4. The Labute approximate surface area is 185 Å². The molecule has 0 aliphatic rings. The highest BCUT2D eigenvalue weighted by Crippen LogP contribution is 2.02. The summed E-state index contributed by atoms with van der Waals surface area (Å²) in [6.07, 6.45) is 1.04. The van der Waals surface area contributed by atoms with Crippen LogP contribution in [0.5, 0.6) is 0 Å². The molecule has 14 heteroatoms. The number of thiol groups is 1. The van der Waals surface area contributed by atoms with Crippen LogP contribution in [0.2, 0.25) is 0 Å². The second kappa shape index (κ2) is 15.4. The van der Waals surface area contributed by atoms with Crippen LogP contribution in [0.3, 0.4) is 0 Å². The van der Waals surface area contributed by atoms with E-state index < -0.39 is 60.4 Å². The highest BCUT2D eigenvalue weighted by molar-refractivity contribution is 7.80. The number of nitrogens with two attached hydrogens (primary N) is 3. The highest BCUT2D eigenvalue weighted by Gasteiger charge is 2.29. The van der Waals surface area contributed by atoms with Gasteiger partial charge in [-0.05, 0) is 32.2 Å². The molecule has 178 valence electrons. The van der Waals surface area contributed by atoms with E-state index in [1.54, 1.807) is 0 Å². The van der Waals surface area contributed by atoms with Crippen molar-refractivity contribution in [1.29, 1.82) is 0 Å². The van der Waals surface area contributed by atoms with E-state index in [0.29, 0.717) is 19.4 Å². The van der Waals surface area contributed by atoms with Crippen LogP contribution >= 0.6 is 12.6 Å². The minimum atomic E-state index is -1.43. The van der Waals surface area contributed by atoms with E-state index in [-0.39, 0.29) is 25.0 Å². The molecule has 0 saturated carbocycles. The van der Waals surface area contributed by atoms with Crippen LogP contribution in [0, 0.1) is 0 Å². The van der Waals surface area contributed by atoms with Crippen molar-refractivity contribution in [3.8, 4) is 0 Å². The molecule has 0 saturated heterocycles. The van der Waals surface area contributed by atoms with E-state index >= 15 is 0 Å². The summed E-state index contributed by atoms with van der Waals surface area (Å²) in [7, 11) is 0. The summed E-state index contributed by atoms with van der Waals surface area (Å²) in [5, 5.41) is 25.5. The Morgan fingerprint density at radius 2 is 1.42 bits per heavy atom. The average molecular weight is 465 g/mol. The maximum absolute atomic E-state index is 12.4. The summed E-state index contributed by atoms with van der Waals surface area (Å²) in [6, 6.07) is -4.96. The Morgan fingerprint density at radius 3 is 1.90 bits per heavy atom. The number of carbonyl (C=O) groups is 5. The van der Waals surface area contributed by atoms with E-state index in [4.69, 9.17) is 17.2 Å². The van der Waals surface area contributed by atoms with Gasteiger partial charge in [-0.3, -0.25) is 19.2 Å². The van der Waals surface area contributed by atoms with Crippen LogP contribution in [0.1, 0.15) is 32.1 Å². The Bertz CT molecular complexity index is 636. The number of unbranched alkanes of at least 4 members (excludes halogenated alkanes) is 1. The first kappa shape index (κ1) is 28.6. The van der Waals surface area contributed by atoms with Crippen LogP contribution < -0.4 is 33.2 Å². The van der Waals surface area contributed by atoms with Gasteiger partial charge in [-0.25, -0.2) is 4.79 Å². The second-order valence-electron chi connectivity index (χ2n) is 6.78. The molecule has 0 aromatic carbocycles. The quantitative estimate of drug-likeness (QED) is 0.0801. The van der Waals surface area contributed by atoms with Gasteiger partial charge in [0.1, 0.15) is 18.1 Å². The Morgan fingerprint density at radius 1 is 0.871 bits per heavy atom. The van der Waals surface area contributed by atoms with Crippen LogP contribution in [-0.4, -0.2) is 82.9 Å². The number of aliphatic carboxylic acids is 1. The summed E-state index contributed by atoms with van der Waals surface area (Å²) in [6.45, 7) is -0.409. The molecule has 0 aromatic heterocycles. The molecule has 0 aromatic rings. The summed E-state index contributed by atoms with van der Waals surface area (Å²) >= 11 is 3.98. The van der Waals surface area contributed by atoms with Crippen molar-refractivity contribution in [3.05, 3.63) is 0 Å². The van der Waals surface area contributed by atoms with Crippen molar-refractivity contribution in [1.82, 2.24) is 16.0 Å². The molecular weight excluding hydrogens is 432 g/mol. The molecular formula is C17H32N6O7S. The molecule has 0 radical (unpaired) electrons. The molecule has 4 atom stereocenters. The number of rotatable bonds is 16. The first-order valence-corrected chi connectivity index (χ1v) is 10.3. The smallest absolute Gasteiger partial charge is 0.326 e. The highest BCUT2D eigenvalue weighted by atomic mass is 32.1. The predicted octanol–water partition coefficient (Wildman–Crippen LogP) is -3.83. The summed E-state index contributed by atoms with van der Waals surface area (Å²) in [5.41, 5.74) is 16.0. The van der Waals surface area contributed by atoms with Crippen molar-refractivity contribution in [2.75, 3.05) is 18.9 Å². The van der Waals surface area contributed by atoms with Gasteiger partial charge in [-0.1, -0.05) is 0 Å². The molecule has 31 heavy (non-hydrogen) atoms. The van der Waals surface area contributed by atoms with Gasteiger partial charge in [0.15, 0.2) is 0 Å². The molecule has 4 unspecified atom stereocenters. The van der Waals surface area contributed by atoms with Crippen LogP contribution in [0.4, 0.5) is 0 Å². The maximum atomic E-state index is 12.4. The maximum Gasteiger partial charge on any atom is 0.326 e. The molecule has 4 amide bonds. The lowest BCUT2D eigenvalue weighted by atomic mass is 10.1. The summed E-state index contributed by atoms with van der Waals surface area (Å²) in [4.78, 5) is 58.8.